The van der Waals surface area contributed by atoms with E-state index in [1.54, 1.807) is 0 Å². The molecule has 0 aromatic carbocycles. The molecule has 5 atom stereocenters. The first-order chi connectivity index (χ1) is 7.26. The molecule has 0 bridgehead atoms. The van der Waals surface area contributed by atoms with E-state index in [4.69, 9.17) is 5.11 Å². The summed E-state index contributed by atoms with van der Waals surface area (Å²) in [6.45, 7) is -0.624. The van der Waals surface area contributed by atoms with Gasteiger partial charge in [0, 0.05) is 0 Å². The second-order valence-electron chi connectivity index (χ2n) is 3.49. The molecule has 1 saturated heterocycles. The first-order valence-electron chi connectivity index (χ1n) is 4.45. The Hall–Kier alpha value is -0.290. The zero-order chi connectivity index (χ0) is 12.5. The molecule has 0 saturated carbocycles. The Kier molecular flexibility index (Phi) is 4.23. The smallest absolute Gasteiger partial charge is 0.264 e. The quantitative estimate of drug-likeness (QED) is 0.388. The lowest BCUT2D eigenvalue weighted by Crippen LogP contribution is -2.59. The number of ether oxygens (including phenoxy) is 1. The van der Waals surface area contributed by atoms with E-state index in [2.05, 4.69) is 8.92 Å². The molecular formula is C7H14O8S. The molecule has 0 aromatic heterocycles. The van der Waals surface area contributed by atoms with Gasteiger partial charge in [-0.25, -0.2) is 0 Å². The van der Waals surface area contributed by atoms with Crippen LogP contribution >= 0.6 is 0 Å². The van der Waals surface area contributed by atoms with E-state index in [0.29, 0.717) is 0 Å². The zero-order valence-corrected chi connectivity index (χ0v) is 9.24. The van der Waals surface area contributed by atoms with Crippen molar-refractivity contribution in [3.63, 3.8) is 0 Å². The molecule has 96 valence electrons. The summed E-state index contributed by atoms with van der Waals surface area (Å²) >= 11 is 0. The van der Waals surface area contributed by atoms with E-state index in [1.807, 2.05) is 0 Å². The van der Waals surface area contributed by atoms with Crippen LogP contribution in [0.2, 0.25) is 0 Å². The summed E-state index contributed by atoms with van der Waals surface area (Å²) in [5.74, 6) is 0. The average molecular weight is 258 g/mol. The monoisotopic (exact) mass is 258 g/mol. The highest BCUT2D eigenvalue weighted by atomic mass is 32.2. The molecule has 8 nitrogen and oxygen atoms in total. The average Bonchev–Trinajstić information content (AvgIpc) is 2.17. The van der Waals surface area contributed by atoms with Crippen LogP contribution < -0.4 is 0 Å². The molecule has 9 heteroatoms. The topological polar surface area (TPSA) is 134 Å². The first kappa shape index (κ1) is 13.8. The molecule has 1 aliphatic heterocycles. The Morgan fingerprint density at radius 3 is 2.25 bits per heavy atom. The van der Waals surface area contributed by atoms with E-state index in [-0.39, 0.29) is 0 Å². The second-order valence-corrected chi connectivity index (χ2v) is 5.09. The van der Waals surface area contributed by atoms with Gasteiger partial charge in [-0.2, -0.15) is 8.42 Å². The molecule has 0 radical (unpaired) electrons. The van der Waals surface area contributed by atoms with Crippen LogP contribution in [0.4, 0.5) is 0 Å². The Bertz CT molecular complexity index is 327. The molecule has 16 heavy (non-hydrogen) atoms. The van der Waals surface area contributed by atoms with Crippen molar-refractivity contribution in [3.8, 4) is 0 Å². The summed E-state index contributed by atoms with van der Waals surface area (Å²) in [6, 6.07) is 0. The SMILES string of the molecule is CS(=O)(=O)OC1C(O)OC(CO)C(O)C1O. The van der Waals surface area contributed by atoms with Crippen LogP contribution in [0, 0.1) is 0 Å². The van der Waals surface area contributed by atoms with Crippen LogP contribution in [-0.4, -0.2) is 72.4 Å². The lowest BCUT2D eigenvalue weighted by atomic mass is 9.99. The Morgan fingerprint density at radius 1 is 1.25 bits per heavy atom. The minimum Gasteiger partial charge on any atom is -0.394 e. The van der Waals surface area contributed by atoms with Gasteiger partial charge in [0.2, 0.25) is 0 Å². The van der Waals surface area contributed by atoms with Gasteiger partial charge >= 0.3 is 0 Å². The lowest BCUT2D eigenvalue weighted by Gasteiger charge is -2.38. The molecule has 0 spiro atoms. The highest BCUT2D eigenvalue weighted by Crippen LogP contribution is 2.23. The van der Waals surface area contributed by atoms with E-state index in [0.717, 1.165) is 6.26 Å². The van der Waals surface area contributed by atoms with Gasteiger partial charge in [-0.3, -0.25) is 4.18 Å². The summed E-state index contributed by atoms with van der Waals surface area (Å²) in [6.07, 6.45) is -7.03. The third-order valence-corrected chi connectivity index (χ3v) is 2.70. The molecule has 1 rings (SSSR count). The summed E-state index contributed by atoms with van der Waals surface area (Å²) in [7, 11) is -3.91. The Balaban J connectivity index is 2.80. The van der Waals surface area contributed by atoms with Gasteiger partial charge < -0.3 is 25.2 Å². The highest BCUT2D eigenvalue weighted by molar-refractivity contribution is 7.86. The first-order valence-corrected chi connectivity index (χ1v) is 6.26. The number of hydrogen-bond acceptors (Lipinski definition) is 8. The predicted molar refractivity (Wildman–Crippen MR) is 49.7 cm³/mol. The van der Waals surface area contributed by atoms with Crippen molar-refractivity contribution in [2.24, 2.45) is 0 Å². The standard InChI is InChI=1S/C7H14O8S/c1-16(12,13)15-6-5(10)4(9)3(2-8)14-7(6)11/h3-11H,2H2,1H3. The van der Waals surface area contributed by atoms with Crippen molar-refractivity contribution in [2.45, 2.75) is 30.7 Å². The van der Waals surface area contributed by atoms with Crippen molar-refractivity contribution in [1.82, 2.24) is 0 Å². The maximum absolute atomic E-state index is 10.8. The molecular weight excluding hydrogens is 244 g/mol. The maximum atomic E-state index is 10.8. The molecule has 4 N–H and O–H groups in total. The molecule has 0 aromatic rings. The van der Waals surface area contributed by atoms with E-state index < -0.39 is 47.4 Å². The van der Waals surface area contributed by atoms with Crippen LogP contribution in [0.25, 0.3) is 0 Å². The van der Waals surface area contributed by atoms with Crippen LogP contribution in [0.1, 0.15) is 0 Å². The van der Waals surface area contributed by atoms with Crippen LogP contribution in [-0.2, 0) is 19.0 Å². The molecule has 1 aliphatic rings. The lowest BCUT2D eigenvalue weighted by molar-refractivity contribution is -0.279. The maximum Gasteiger partial charge on any atom is 0.264 e. The number of rotatable bonds is 3. The Labute approximate surface area is 92.2 Å². The van der Waals surface area contributed by atoms with Crippen LogP contribution in [0.3, 0.4) is 0 Å². The van der Waals surface area contributed by atoms with Crippen LogP contribution in [0.5, 0.6) is 0 Å². The number of hydrogen-bond donors (Lipinski definition) is 4. The number of aliphatic hydroxyl groups excluding tert-OH is 4. The van der Waals surface area contributed by atoms with Gasteiger partial charge in [0.05, 0.1) is 12.9 Å². The highest BCUT2D eigenvalue weighted by Gasteiger charge is 2.45. The zero-order valence-electron chi connectivity index (χ0n) is 8.42. The third kappa shape index (κ3) is 3.10. The van der Waals surface area contributed by atoms with Gasteiger partial charge in [-0.15, -0.1) is 0 Å². The van der Waals surface area contributed by atoms with Gasteiger partial charge in [0.15, 0.2) is 12.4 Å². The number of aliphatic hydroxyl groups is 4. The normalized spacial score (nSPS) is 40.9. The van der Waals surface area contributed by atoms with Gasteiger partial charge in [-0.05, 0) is 0 Å². The fourth-order valence-corrected chi connectivity index (χ4v) is 1.99. The predicted octanol–water partition coefficient (Wildman–Crippen LogP) is -3.24. The second kappa shape index (κ2) is 4.92. The minimum absolute atomic E-state index is 0.624. The van der Waals surface area contributed by atoms with Gasteiger partial charge in [-0.1, -0.05) is 0 Å². The van der Waals surface area contributed by atoms with Gasteiger partial charge in [0.25, 0.3) is 10.1 Å². The largest absolute Gasteiger partial charge is 0.394 e. The van der Waals surface area contributed by atoms with E-state index >= 15 is 0 Å². The summed E-state index contributed by atoms with van der Waals surface area (Å²) in [5.41, 5.74) is 0. The van der Waals surface area contributed by atoms with Crippen molar-refractivity contribution in [1.29, 1.82) is 0 Å². The van der Waals surface area contributed by atoms with Gasteiger partial charge in [0.1, 0.15) is 18.3 Å². The minimum atomic E-state index is -3.91. The van der Waals surface area contributed by atoms with Crippen molar-refractivity contribution < 1.29 is 37.8 Å². The molecule has 1 heterocycles. The summed E-state index contributed by atoms with van der Waals surface area (Å²) in [5, 5.41) is 37.0. The Morgan fingerprint density at radius 2 is 1.81 bits per heavy atom. The third-order valence-electron chi connectivity index (χ3n) is 2.13. The fourth-order valence-electron chi connectivity index (χ4n) is 1.38. The molecule has 5 unspecified atom stereocenters. The summed E-state index contributed by atoms with van der Waals surface area (Å²) < 4.78 is 30.7. The van der Waals surface area contributed by atoms with Crippen molar-refractivity contribution in [3.05, 3.63) is 0 Å². The molecule has 1 fully saturated rings. The van der Waals surface area contributed by atoms with Crippen molar-refractivity contribution in [2.75, 3.05) is 12.9 Å². The molecule has 0 aliphatic carbocycles. The summed E-state index contributed by atoms with van der Waals surface area (Å²) in [4.78, 5) is 0. The van der Waals surface area contributed by atoms with E-state index in [9.17, 15) is 23.7 Å². The molecule has 0 amide bonds. The van der Waals surface area contributed by atoms with Crippen LogP contribution in [0.15, 0.2) is 0 Å². The van der Waals surface area contributed by atoms with E-state index in [1.165, 1.54) is 0 Å². The fraction of sp³-hybridized carbons (Fsp3) is 1.00. The van der Waals surface area contributed by atoms with Crippen molar-refractivity contribution >= 4 is 10.1 Å².